The number of benzene rings is 1. The Bertz CT molecular complexity index is 348. The number of rotatable bonds is 6. The highest BCUT2D eigenvalue weighted by molar-refractivity contribution is 7.85. The molecule has 1 aromatic carbocycles. The average molecular weight is 240 g/mol. The monoisotopic (exact) mass is 240 g/mol. The van der Waals surface area contributed by atoms with Gasteiger partial charge < -0.3 is 4.74 Å². The summed E-state index contributed by atoms with van der Waals surface area (Å²) in [5.41, 5.74) is 1.16. The Labute approximate surface area is 100 Å². The van der Waals surface area contributed by atoms with Gasteiger partial charge in [-0.3, -0.25) is 4.21 Å². The first-order chi connectivity index (χ1) is 7.59. The van der Waals surface area contributed by atoms with E-state index in [0.717, 1.165) is 16.9 Å². The van der Waals surface area contributed by atoms with E-state index >= 15 is 0 Å². The first kappa shape index (κ1) is 13.4. The van der Waals surface area contributed by atoms with Crippen LogP contribution in [0.25, 0.3) is 0 Å². The van der Waals surface area contributed by atoms with Crippen LogP contribution in [0.4, 0.5) is 0 Å². The molecule has 16 heavy (non-hydrogen) atoms. The zero-order chi connectivity index (χ0) is 12.0. The zero-order valence-corrected chi connectivity index (χ0v) is 11.0. The lowest BCUT2D eigenvalue weighted by Crippen LogP contribution is -2.07. The van der Waals surface area contributed by atoms with Crippen molar-refractivity contribution in [3.63, 3.8) is 0 Å². The maximum atomic E-state index is 11.9. The molecule has 90 valence electrons. The Morgan fingerprint density at radius 3 is 2.75 bits per heavy atom. The molecule has 2 nitrogen and oxygen atoms in total. The van der Waals surface area contributed by atoms with Crippen molar-refractivity contribution in [2.75, 3.05) is 12.4 Å². The van der Waals surface area contributed by atoms with E-state index in [2.05, 4.69) is 0 Å². The molecule has 0 aliphatic carbocycles. The van der Waals surface area contributed by atoms with Gasteiger partial charge in [-0.15, -0.1) is 0 Å². The second-order valence-corrected chi connectivity index (χ2v) is 5.71. The largest absolute Gasteiger partial charge is 0.379 e. The molecule has 0 spiro atoms. The second-order valence-electron chi connectivity index (χ2n) is 4.14. The summed E-state index contributed by atoms with van der Waals surface area (Å²) in [5.74, 6) is 0.677. The van der Waals surface area contributed by atoms with Crippen molar-refractivity contribution in [2.24, 2.45) is 0 Å². The average Bonchev–Trinajstić information content (AvgIpc) is 2.24. The standard InChI is InChI=1S/C13H20O2S/c1-11(2)15-8-5-9-16(14)13-7-4-6-12(3)10-13/h4,6-7,10-11H,5,8-9H2,1-3H3/t16-/m1/s1. The van der Waals surface area contributed by atoms with Crippen LogP contribution in [0.5, 0.6) is 0 Å². The second kappa shape index (κ2) is 6.81. The maximum Gasteiger partial charge on any atom is 0.0530 e. The zero-order valence-electron chi connectivity index (χ0n) is 10.2. The van der Waals surface area contributed by atoms with Crippen LogP contribution >= 0.6 is 0 Å². The van der Waals surface area contributed by atoms with Crippen LogP contribution in [0.3, 0.4) is 0 Å². The molecule has 0 saturated heterocycles. The lowest BCUT2D eigenvalue weighted by molar-refractivity contribution is 0.0798. The molecular weight excluding hydrogens is 220 g/mol. The van der Waals surface area contributed by atoms with Gasteiger partial charge in [0.1, 0.15) is 0 Å². The van der Waals surface area contributed by atoms with Crippen molar-refractivity contribution in [1.29, 1.82) is 0 Å². The summed E-state index contributed by atoms with van der Waals surface area (Å²) in [6.07, 6.45) is 1.10. The van der Waals surface area contributed by atoms with Gasteiger partial charge in [0.25, 0.3) is 0 Å². The van der Waals surface area contributed by atoms with E-state index in [1.807, 2.05) is 45.0 Å². The van der Waals surface area contributed by atoms with Crippen molar-refractivity contribution in [2.45, 2.75) is 38.2 Å². The lowest BCUT2D eigenvalue weighted by Gasteiger charge is -2.07. The third kappa shape index (κ3) is 4.90. The Kier molecular flexibility index (Phi) is 5.71. The van der Waals surface area contributed by atoms with Gasteiger partial charge in [0, 0.05) is 17.3 Å². The normalized spacial score (nSPS) is 13.0. The van der Waals surface area contributed by atoms with Crippen molar-refractivity contribution in [3.05, 3.63) is 29.8 Å². The van der Waals surface area contributed by atoms with E-state index in [-0.39, 0.29) is 6.10 Å². The minimum atomic E-state index is -0.888. The van der Waals surface area contributed by atoms with E-state index in [4.69, 9.17) is 4.74 Å². The Morgan fingerprint density at radius 1 is 1.38 bits per heavy atom. The molecule has 1 aromatic rings. The summed E-state index contributed by atoms with van der Waals surface area (Å²) < 4.78 is 17.3. The van der Waals surface area contributed by atoms with Gasteiger partial charge in [-0.05, 0) is 44.9 Å². The van der Waals surface area contributed by atoms with Crippen LogP contribution in [-0.4, -0.2) is 22.7 Å². The van der Waals surface area contributed by atoms with Crippen molar-refractivity contribution < 1.29 is 8.95 Å². The lowest BCUT2D eigenvalue weighted by atomic mass is 10.2. The summed E-state index contributed by atoms with van der Waals surface area (Å²) in [7, 11) is -0.888. The van der Waals surface area contributed by atoms with Crippen molar-refractivity contribution in [1.82, 2.24) is 0 Å². The maximum absolute atomic E-state index is 11.9. The highest BCUT2D eigenvalue weighted by Crippen LogP contribution is 2.10. The SMILES string of the molecule is Cc1cccc([S@](=O)CCCOC(C)C)c1. The molecule has 3 heteroatoms. The molecule has 1 atom stereocenters. The Balaban J connectivity index is 2.35. The number of hydrogen-bond donors (Lipinski definition) is 0. The molecule has 0 fully saturated rings. The predicted octanol–water partition coefficient (Wildman–Crippen LogP) is 2.92. The van der Waals surface area contributed by atoms with Gasteiger partial charge >= 0.3 is 0 Å². The molecule has 0 aromatic heterocycles. The smallest absolute Gasteiger partial charge is 0.0530 e. The third-order valence-corrected chi connectivity index (χ3v) is 3.62. The van der Waals surface area contributed by atoms with Gasteiger partial charge in [0.15, 0.2) is 0 Å². The van der Waals surface area contributed by atoms with E-state index in [1.54, 1.807) is 0 Å². The van der Waals surface area contributed by atoms with E-state index in [1.165, 1.54) is 0 Å². The van der Waals surface area contributed by atoms with Crippen LogP contribution < -0.4 is 0 Å². The number of hydrogen-bond acceptors (Lipinski definition) is 2. The molecule has 0 aliphatic heterocycles. The Morgan fingerprint density at radius 2 is 2.12 bits per heavy atom. The number of aryl methyl sites for hydroxylation is 1. The summed E-state index contributed by atoms with van der Waals surface area (Å²) in [6.45, 7) is 6.73. The van der Waals surface area contributed by atoms with Crippen molar-refractivity contribution >= 4 is 10.8 Å². The topological polar surface area (TPSA) is 26.3 Å². The summed E-state index contributed by atoms with van der Waals surface area (Å²) >= 11 is 0. The molecule has 0 bridgehead atoms. The van der Waals surface area contributed by atoms with Gasteiger partial charge in [0.05, 0.1) is 16.9 Å². The van der Waals surface area contributed by atoms with Gasteiger partial charge in [0.2, 0.25) is 0 Å². The highest BCUT2D eigenvalue weighted by Gasteiger charge is 2.03. The van der Waals surface area contributed by atoms with E-state index in [9.17, 15) is 4.21 Å². The molecule has 0 unspecified atom stereocenters. The summed E-state index contributed by atoms with van der Waals surface area (Å²) in [5, 5.41) is 0. The quantitative estimate of drug-likeness (QED) is 0.715. The molecule has 0 saturated carbocycles. The van der Waals surface area contributed by atoms with Crippen LogP contribution in [0.1, 0.15) is 25.8 Å². The molecule has 0 radical (unpaired) electrons. The highest BCUT2D eigenvalue weighted by atomic mass is 32.2. The van der Waals surface area contributed by atoms with Gasteiger partial charge in [-0.2, -0.15) is 0 Å². The van der Waals surface area contributed by atoms with Gasteiger partial charge in [-0.25, -0.2) is 0 Å². The minimum absolute atomic E-state index is 0.257. The predicted molar refractivity (Wildman–Crippen MR) is 68.2 cm³/mol. The van der Waals surface area contributed by atoms with Crippen LogP contribution in [-0.2, 0) is 15.5 Å². The number of ether oxygens (including phenoxy) is 1. The molecule has 0 heterocycles. The fraction of sp³-hybridized carbons (Fsp3) is 0.538. The van der Waals surface area contributed by atoms with Crippen LogP contribution in [0, 0.1) is 6.92 Å². The van der Waals surface area contributed by atoms with Crippen LogP contribution in [0.2, 0.25) is 0 Å². The summed E-state index contributed by atoms with van der Waals surface area (Å²) in [6, 6.07) is 7.88. The molecular formula is C13H20O2S. The van der Waals surface area contributed by atoms with E-state index in [0.29, 0.717) is 12.4 Å². The van der Waals surface area contributed by atoms with Gasteiger partial charge in [-0.1, -0.05) is 12.1 Å². The first-order valence-corrected chi connectivity index (χ1v) is 6.98. The molecule has 0 aliphatic rings. The fourth-order valence-electron chi connectivity index (χ4n) is 1.38. The van der Waals surface area contributed by atoms with Crippen LogP contribution in [0.15, 0.2) is 29.2 Å². The van der Waals surface area contributed by atoms with Crippen molar-refractivity contribution in [3.8, 4) is 0 Å². The molecule has 0 N–H and O–H groups in total. The fourth-order valence-corrected chi connectivity index (χ4v) is 2.55. The summed E-state index contributed by atoms with van der Waals surface area (Å²) in [4.78, 5) is 0.921. The first-order valence-electron chi connectivity index (χ1n) is 5.66. The van der Waals surface area contributed by atoms with E-state index < -0.39 is 10.8 Å². The molecule has 1 rings (SSSR count). The Hall–Kier alpha value is -0.670. The molecule has 0 amide bonds. The minimum Gasteiger partial charge on any atom is -0.379 e. The third-order valence-electron chi connectivity index (χ3n) is 2.18.